The molecule has 0 spiro atoms. The summed E-state index contributed by atoms with van der Waals surface area (Å²) in [4.78, 5) is 27.1. The fourth-order valence-corrected chi connectivity index (χ4v) is 7.47. The summed E-state index contributed by atoms with van der Waals surface area (Å²) in [5.74, 6) is 3.21. The second-order valence-electron chi connectivity index (χ2n) is 9.71. The van der Waals surface area contributed by atoms with Gasteiger partial charge in [-0.05, 0) is 86.0 Å². The standard InChI is InChI=1S/C22H30N2O2S/c25-20(18-1-4-24(5-2-18)21(26)19-3-6-27-13-19)23-14-22-10-15-7-16(11-22)9-17(8-15)12-22/h3,6,13,15-18H,1-2,4-5,7-12,14H2,(H,23,25). The van der Waals surface area contributed by atoms with Crippen LogP contribution in [0.25, 0.3) is 0 Å². The molecule has 2 heterocycles. The maximum atomic E-state index is 12.8. The number of nitrogens with one attached hydrogen (secondary N) is 1. The van der Waals surface area contributed by atoms with E-state index in [1.165, 1.54) is 38.5 Å². The number of likely N-dealkylation sites (tertiary alicyclic amines) is 1. The molecule has 4 aliphatic carbocycles. The maximum absolute atomic E-state index is 12.8. The van der Waals surface area contributed by atoms with E-state index in [0.29, 0.717) is 18.5 Å². The third-order valence-electron chi connectivity index (χ3n) is 7.72. The quantitative estimate of drug-likeness (QED) is 0.852. The fourth-order valence-electron chi connectivity index (χ4n) is 6.84. The zero-order chi connectivity index (χ0) is 18.4. The summed E-state index contributed by atoms with van der Waals surface area (Å²) >= 11 is 1.56. The van der Waals surface area contributed by atoms with Crippen molar-refractivity contribution >= 4 is 23.2 Å². The monoisotopic (exact) mass is 386 g/mol. The van der Waals surface area contributed by atoms with E-state index >= 15 is 0 Å². The van der Waals surface area contributed by atoms with Gasteiger partial charge in [0.2, 0.25) is 5.91 Å². The van der Waals surface area contributed by atoms with Crippen LogP contribution in [-0.2, 0) is 4.79 Å². The van der Waals surface area contributed by atoms with Crippen LogP contribution in [-0.4, -0.2) is 36.3 Å². The highest BCUT2D eigenvalue weighted by Crippen LogP contribution is 2.59. The molecule has 6 rings (SSSR count). The lowest BCUT2D eigenvalue weighted by molar-refractivity contribution is -0.128. The molecular formula is C22H30N2O2S. The molecule has 0 atom stereocenters. The van der Waals surface area contributed by atoms with Gasteiger partial charge in [0.05, 0.1) is 5.56 Å². The molecule has 1 aliphatic heterocycles. The van der Waals surface area contributed by atoms with Crippen molar-refractivity contribution < 1.29 is 9.59 Å². The third-order valence-corrected chi connectivity index (χ3v) is 8.41. The molecule has 4 saturated carbocycles. The number of thiophene rings is 1. The lowest BCUT2D eigenvalue weighted by Crippen LogP contribution is -2.52. The van der Waals surface area contributed by atoms with Crippen LogP contribution in [0.5, 0.6) is 0 Å². The Bertz CT molecular complexity index is 671. The first-order chi connectivity index (χ1) is 13.1. The molecular weight excluding hydrogens is 356 g/mol. The predicted molar refractivity (Wildman–Crippen MR) is 107 cm³/mol. The Labute approximate surface area is 165 Å². The Morgan fingerprint density at radius 1 is 1.07 bits per heavy atom. The average Bonchev–Trinajstić information content (AvgIpc) is 3.19. The highest BCUT2D eigenvalue weighted by molar-refractivity contribution is 7.08. The van der Waals surface area contributed by atoms with Crippen molar-refractivity contribution in [2.45, 2.75) is 51.4 Å². The number of nitrogens with zero attached hydrogens (tertiary/aromatic N) is 1. The van der Waals surface area contributed by atoms with Gasteiger partial charge < -0.3 is 10.2 Å². The van der Waals surface area contributed by atoms with E-state index in [1.54, 1.807) is 11.3 Å². The molecule has 4 bridgehead atoms. The van der Waals surface area contributed by atoms with E-state index in [4.69, 9.17) is 0 Å². The largest absolute Gasteiger partial charge is 0.355 e. The van der Waals surface area contributed by atoms with E-state index in [2.05, 4.69) is 5.32 Å². The van der Waals surface area contributed by atoms with Gasteiger partial charge in [-0.3, -0.25) is 9.59 Å². The molecule has 1 N–H and O–H groups in total. The number of piperidine rings is 1. The Kier molecular flexibility index (Phi) is 4.53. The predicted octanol–water partition coefficient (Wildman–Crippen LogP) is 3.93. The zero-order valence-electron chi connectivity index (χ0n) is 16.0. The minimum Gasteiger partial charge on any atom is -0.355 e. The van der Waals surface area contributed by atoms with E-state index in [-0.39, 0.29) is 17.7 Å². The van der Waals surface area contributed by atoms with Crippen LogP contribution < -0.4 is 5.32 Å². The summed E-state index contributed by atoms with van der Waals surface area (Å²) in [6.45, 7) is 2.29. The van der Waals surface area contributed by atoms with Crippen molar-refractivity contribution in [2.24, 2.45) is 29.1 Å². The number of rotatable bonds is 4. The first-order valence-electron chi connectivity index (χ1n) is 10.7. The Hall–Kier alpha value is -1.36. The number of hydrogen-bond donors (Lipinski definition) is 1. The normalized spacial score (nSPS) is 35.4. The highest BCUT2D eigenvalue weighted by Gasteiger charge is 2.50. The van der Waals surface area contributed by atoms with Gasteiger partial charge in [0.25, 0.3) is 5.91 Å². The minimum atomic E-state index is 0.0745. The molecule has 1 saturated heterocycles. The van der Waals surface area contributed by atoms with E-state index < -0.39 is 0 Å². The SMILES string of the molecule is O=C(NCC12CC3CC(CC(C3)C1)C2)C1CCN(C(=O)c2ccsc2)CC1. The highest BCUT2D eigenvalue weighted by atomic mass is 32.1. The van der Waals surface area contributed by atoms with Crippen LogP contribution in [0, 0.1) is 29.1 Å². The molecule has 2 amide bonds. The first-order valence-corrected chi connectivity index (χ1v) is 11.6. The molecule has 0 radical (unpaired) electrons. The lowest BCUT2D eigenvalue weighted by atomic mass is 9.49. The van der Waals surface area contributed by atoms with Crippen LogP contribution in [0.4, 0.5) is 0 Å². The maximum Gasteiger partial charge on any atom is 0.254 e. The van der Waals surface area contributed by atoms with E-state index in [0.717, 1.165) is 42.7 Å². The summed E-state index contributed by atoms with van der Waals surface area (Å²) < 4.78 is 0. The third kappa shape index (κ3) is 3.43. The average molecular weight is 387 g/mol. The molecule has 5 fully saturated rings. The number of amides is 2. The molecule has 0 aromatic carbocycles. The summed E-state index contributed by atoms with van der Waals surface area (Å²) in [6, 6.07) is 1.89. The molecule has 1 aromatic heterocycles. The second kappa shape index (κ2) is 6.91. The lowest BCUT2D eigenvalue weighted by Gasteiger charge is -2.57. The van der Waals surface area contributed by atoms with Crippen LogP contribution in [0.15, 0.2) is 16.8 Å². The smallest absolute Gasteiger partial charge is 0.254 e. The van der Waals surface area contributed by atoms with E-state index in [9.17, 15) is 9.59 Å². The Balaban J connectivity index is 1.12. The van der Waals surface area contributed by atoms with Gasteiger partial charge in [-0.15, -0.1) is 0 Å². The van der Waals surface area contributed by atoms with Gasteiger partial charge in [0, 0.05) is 30.9 Å². The number of carbonyl (C=O) groups is 2. The van der Waals surface area contributed by atoms with Crippen LogP contribution in [0.1, 0.15) is 61.7 Å². The van der Waals surface area contributed by atoms with Gasteiger partial charge in [0.1, 0.15) is 0 Å². The zero-order valence-corrected chi connectivity index (χ0v) is 16.8. The topological polar surface area (TPSA) is 49.4 Å². The molecule has 5 heteroatoms. The number of hydrogen-bond acceptors (Lipinski definition) is 3. The summed E-state index contributed by atoms with van der Waals surface area (Å²) in [5.41, 5.74) is 1.18. The molecule has 1 aromatic rings. The van der Waals surface area contributed by atoms with Crippen molar-refractivity contribution in [3.8, 4) is 0 Å². The fraction of sp³-hybridized carbons (Fsp3) is 0.727. The van der Waals surface area contributed by atoms with Crippen molar-refractivity contribution in [2.75, 3.05) is 19.6 Å². The Morgan fingerprint density at radius 3 is 2.26 bits per heavy atom. The van der Waals surface area contributed by atoms with Crippen molar-refractivity contribution in [1.29, 1.82) is 0 Å². The van der Waals surface area contributed by atoms with Gasteiger partial charge in [0.15, 0.2) is 0 Å². The molecule has 146 valence electrons. The second-order valence-corrected chi connectivity index (χ2v) is 10.5. The minimum absolute atomic E-state index is 0.0745. The number of carbonyl (C=O) groups excluding carboxylic acids is 2. The van der Waals surface area contributed by atoms with Crippen molar-refractivity contribution in [3.63, 3.8) is 0 Å². The van der Waals surface area contributed by atoms with Crippen LogP contribution in [0.2, 0.25) is 0 Å². The van der Waals surface area contributed by atoms with Crippen molar-refractivity contribution in [3.05, 3.63) is 22.4 Å². The summed E-state index contributed by atoms with van der Waals surface area (Å²) in [6.07, 6.45) is 9.95. The van der Waals surface area contributed by atoms with Gasteiger partial charge in [-0.2, -0.15) is 11.3 Å². The van der Waals surface area contributed by atoms with Gasteiger partial charge >= 0.3 is 0 Å². The molecule has 27 heavy (non-hydrogen) atoms. The molecule has 0 unspecified atom stereocenters. The van der Waals surface area contributed by atoms with E-state index in [1.807, 2.05) is 21.7 Å². The van der Waals surface area contributed by atoms with Crippen LogP contribution >= 0.6 is 11.3 Å². The summed E-state index contributed by atoms with van der Waals surface area (Å²) in [5, 5.41) is 7.19. The van der Waals surface area contributed by atoms with Crippen molar-refractivity contribution in [1.82, 2.24) is 10.2 Å². The van der Waals surface area contributed by atoms with Crippen LogP contribution in [0.3, 0.4) is 0 Å². The molecule has 4 nitrogen and oxygen atoms in total. The first kappa shape index (κ1) is 17.7. The van der Waals surface area contributed by atoms with Gasteiger partial charge in [-0.1, -0.05) is 0 Å². The molecule has 5 aliphatic rings. The Morgan fingerprint density at radius 2 is 1.70 bits per heavy atom. The summed E-state index contributed by atoms with van der Waals surface area (Å²) in [7, 11) is 0. The van der Waals surface area contributed by atoms with Gasteiger partial charge in [-0.25, -0.2) is 0 Å².